The predicted molar refractivity (Wildman–Crippen MR) is 50.7 cm³/mol. The summed E-state index contributed by atoms with van der Waals surface area (Å²) >= 11 is 0. The number of carbonyl (C=O) groups excluding carboxylic acids is 2. The molecular weight excluding hydrogens is 283 g/mol. The first-order valence-corrected chi connectivity index (χ1v) is 6.17. The van der Waals surface area contributed by atoms with Gasteiger partial charge in [0, 0.05) is 6.54 Å². The van der Waals surface area contributed by atoms with Crippen molar-refractivity contribution >= 4 is 22.3 Å². The van der Waals surface area contributed by atoms with Crippen molar-refractivity contribution in [3.63, 3.8) is 0 Å². The number of rotatable bonds is 3. The Hall–Kier alpha value is -0.390. The SMILES string of the molecule is N[13C](=O)[13C@@H]1[13CH2][13CH2][13C@@H]2C[15N]1C(=O)N2OS(=O)(=O)[O-].[Na+]. The number of piperidine rings is 1. The van der Waals surface area contributed by atoms with Gasteiger partial charge in [-0.15, -0.1) is 0 Å². The molecule has 2 atom stereocenters. The zero-order chi connectivity index (χ0) is 12.8. The standard InChI is InChI=1S/C7H11N3O6S.Na/c8-6(11)5-2-1-4-3-9(5)7(12)10(4)16-17(13,14)15;/h4-5H,1-3H2,(H2,8,11)(H,13,14,15);/q;+1/p-1/t4-,5+;/m1./s1/i1+1,2+1,4+1,5+1,6+1,9+1;. The van der Waals surface area contributed by atoms with Crippen LogP contribution in [0.3, 0.4) is 0 Å². The van der Waals surface area contributed by atoms with Crippen LogP contribution in [-0.2, 0) is 19.5 Å². The minimum absolute atomic E-state index is 0. The van der Waals surface area contributed by atoms with Crippen LogP contribution in [0.2, 0.25) is 0 Å². The summed E-state index contributed by atoms with van der Waals surface area (Å²) in [6.07, 6.45) is 0.676. The molecule has 18 heavy (non-hydrogen) atoms. The molecule has 2 rings (SSSR count). The topological polar surface area (TPSA) is 133 Å². The minimum Gasteiger partial charge on any atom is -0.724 e. The Balaban J connectivity index is 0.00000162. The summed E-state index contributed by atoms with van der Waals surface area (Å²) < 4.78 is 35.4. The van der Waals surface area contributed by atoms with Gasteiger partial charge < -0.3 is 15.2 Å². The van der Waals surface area contributed by atoms with Gasteiger partial charge in [0.25, 0.3) is 0 Å². The fraction of sp³-hybridized carbons (Fsp3) is 0.714. The summed E-state index contributed by atoms with van der Waals surface area (Å²) in [5.74, 6) is -0.663. The van der Waals surface area contributed by atoms with Crippen LogP contribution in [0.25, 0.3) is 0 Å². The Morgan fingerprint density at radius 3 is 2.56 bits per heavy atom. The molecule has 0 aromatic rings. The van der Waals surface area contributed by atoms with Crippen LogP contribution in [0, 0.1) is 0 Å². The maximum absolute atomic E-state index is 11.7. The summed E-state index contributed by atoms with van der Waals surface area (Å²) in [6, 6.07) is -2.14. The molecule has 0 aliphatic carbocycles. The van der Waals surface area contributed by atoms with Gasteiger partial charge in [0.1, 0.15) is 6.04 Å². The van der Waals surface area contributed by atoms with Crippen molar-refractivity contribution in [3.8, 4) is 0 Å². The molecule has 0 saturated carbocycles. The normalized spacial score (nSPS) is 27.1. The zero-order valence-electron chi connectivity index (χ0n) is 9.61. The van der Waals surface area contributed by atoms with Crippen LogP contribution >= 0.6 is 0 Å². The summed E-state index contributed by atoms with van der Waals surface area (Å²) in [5, 5.41) is 0.505. The molecule has 0 radical (unpaired) electrons. The van der Waals surface area contributed by atoms with Gasteiger partial charge in [-0.05, 0) is 12.8 Å². The molecule has 2 saturated heterocycles. The van der Waals surface area contributed by atoms with Crippen molar-refractivity contribution in [3.05, 3.63) is 0 Å². The van der Waals surface area contributed by atoms with E-state index in [1.54, 1.807) is 0 Å². The number of urea groups is 1. The van der Waals surface area contributed by atoms with E-state index in [1.165, 1.54) is 0 Å². The van der Waals surface area contributed by atoms with E-state index < -0.39 is 34.4 Å². The van der Waals surface area contributed by atoms with Crippen molar-refractivity contribution in [2.45, 2.75) is 24.9 Å². The Morgan fingerprint density at radius 1 is 1.44 bits per heavy atom. The Morgan fingerprint density at radius 2 is 2.06 bits per heavy atom. The maximum Gasteiger partial charge on any atom is 1.00 e. The number of carbonyl (C=O) groups is 2. The Kier molecular flexibility index (Phi) is 4.62. The molecular formula is C7H10N3NaO6S. The number of hydrogen-bond acceptors (Lipinski definition) is 6. The van der Waals surface area contributed by atoms with Crippen LogP contribution < -0.4 is 35.3 Å². The summed E-state index contributed by atoms with van der Waals surface area (Å²) in [5.41, 5.74) is 5.11. The molecule has 2 N–H and O–H groups in total. The van der Waals surface area contributed by atoms with Gasteiger partial charge in [-0.3, -0.25) is 4.79 Å². The Labute approximate surface area is 125 Å². The molecule has 9 nitrogen and oxygen atoms in total. The van der Waals surface area contributed by atoms with Gasteiger partial charge in [0.05, 0.1) is 6.04 Å². The fourth-order valence-corrected chi connectivity index (χ4v) is 2.51. The molecule has 0 spiro atoms. The molecule has 0 unspecified atom stereocenters. The minimum atomic E-state index is -5.00. The van der Waals surface area contributed by atoms with Crippen molar-refractivity contribution in [2.24, 2.45) is 5.73 Å². The quantitative estimate of drug-likeness (QED) is 0.182. The third-order valence-electron chi connectivity index (χ3n) is 2.82. The smallest absolute Gasteiger partial charge is 0.724 e. The third-order valence-corrected chi connectivity index (χ3v) is 3.17. The van der Waals surface area contributed by atoms with Gasteiger partial charge in [0.15, 0.2) is 0 Å². The van der Waals surface area contributed by atoms with E-state index in [0.29, 0.717) is 17.9 Å². The number of hydrogen-bond donors (Lipinski definition) is 1. The molecule has 2 fully saturated rings. The van der Waals surface area contributed by atoms with Crippen molar-refractivity contribution in [1.82, 2.24) is 9.96 Å². The fourth-order valence-electron chi connectivity index (χ4n) is 2.12. The number of primary amides is 1. The number of nitrogens with zero attached hydrogens (tertiary/aromatic N) is 2. The monoisotopic (exact) mass is 293 g/mol. The molecule has 2 bridgehead atoms. The zero-order valence-corrected chi connectivity index (χ0v) is 12.4. The summed E-state index contributed by atoms with van der Waals surface area (Å²) in [6.45, 7) is 0.127. The number of nitrogens with two attached hydrogens (primary N) is 1. The van der Waals surface area contributed by atoms with E-state index in [1.807, 2.05) is 0 Å². The van der Waals surface area contributed by atoms with Gasteiger partial charge in [0.2, 0.25) is 16.3 Å². The van der Waals surface area contributed by atoms with Gasteiger partial charge in [-0.25, -0.2) is 13.2 Å². The maximum atomic E-state index is 11.7. The van der Waals surface area contributed by atoms with Crippen LogP contribution in [-0.4, -0.2) is 53.5 Å². The summed E-state index contributed by atoms with van der Waals surface area (Å²) in [4.78, 5) is 23.9. The van der Waals surface area contributed by atoms with Crippen LogP contribution in [0.15, 0.2) is 0 Å². The molecule has 11 heteroatoms. The second kappa shape index (κ2) is 5.31. The van der Waals surface area contributed by atoms with Crippen molar-refractivity contribution in [2.75, 3.05) is 6.54 Å². The third kappa shape index (κ3) is 2.95. The van der Waals surface area contributed by atoms with Crippen LogP contribution in [0.1, 0.15) is 12.8 Å². The van der Waals surface area contributed by atoms with E-state index in [4.69, 9.17) is 5.73 Å². The second-order valence-electron chi connectivity index (χ2n) is 3.89. The molecule has 3 amide bonds. The molecule has 96 valence electrons. The van der Waals surface area contributed by atoms with E-state index in [2.05, 4.69) is 4.28 Å². The number of amides is 3. The van der Waals surface area contributed by atoms with Crippen molar-refractivity contribution < 1.29 is 56.4 Å². The van der Waals surface area contributed by atoms with Gasteiger partial charge in [-0.2, -0.15) is 9.35 Å². The first-order chi connectivity index (χ1) is 7.79. The van der Waals surface area contributed by atoms with E-state index >= 15 is 0 Å². The first-order valence-electron chi connectivity index (χ1n) is 4.84. The van der Waals surface area contributed by atoms with Crippen LogP contribution in [0.5, 0.6) is 0 Å². The number of hydroxylamine groups is 2. The first kappa shape index (κ1) is 15.7. The average molecular weight is 293 g/mol. The molecule has 0 aromatic heterocycles. The van der Waals surface area contributed by atoms with E-state index in [-0.39, 0.29) is 36.1 Å². The van der Waals surface area contributed by atoms with E-state index in [0.717, 1.165) is 4.90 Å². The molecule has 2 aliphatic rings. The average Bonchev–Trinajstić information content (AvgIpc) is 2.42. The second-order valence-corrected chi connectivity index (χ2v) is 4.86. The molecule has 0 aromatic carbocycles. The summed E-state index contributed by atoms with van der Waals surface area (Å²) in [7, 11) is -5.00. The largest absolute Gasteiger partial charge is 1.00 e. The number of fused-ring (bicyclic) bond motifs is 2. The van der Waals surface area contributed by atoms with Gasteiger partial charge in [-0.1, -0.05) is 0 Å². The van der Waals surface area contributed by atoms with Crippen LogP contribution in [0.4, 0.5) is 4.79 Å². The van der Waals surface area contributed by atoms with Crippen molar-refractivity contribution in [1.29, 1.82) is 0 Å². The van der Waals surface area contributed by atoms with E-state index in [9.17, 15) is 22.6 Å². The van der Waals surface area contributed by atoms with Gasteiger partial charge >= 0.3 is 35.6 Å². The molecule has 2 aliphatic heterocycles. The Bertz CT molecular complexity index is 468. The molecule has 2 heterocycles. The predicted octanol–water partition coefficient (Wildman–Crippen LogP) is -4.86.